The summed E-state index contributed by atoms with van der Waals surface area (Å²) in [6.07, 6.45) is 1.89. The van der Waals surface area contributed by atoms with Crippen molar-refractivity contribution >= 4 is 32.1 Å². The van der Waals surface area contributed by atoms with Gasteiger partial charge in [0.15, 0.2) is 0 Å². The van der Waals surface area contributed by atoms with E-state index in [2.05, 4.69) is 10.5 Å². The van der Waals surface area contributed by atoms with Crippen molar-refractivity contribution in [2.75, 3.05) is 26.4 Å². The fourth-order valence-electron chi connectivity index (χ4n) is 3.72. The third-order valence-corrected chi connectivity index (χ3v) is 8.77. The fraction of sp³-hybridized carbons (Fsp3) is 0.296. The third-order valence-electron chi connectivity index (χ3n) is 5.48. The van der Waals surface area contributed by atoms with Gasteiger partial charge in [0, 0.05) is 18.7 Å². The van der Waals surface area contributed by atoms with Gasteiger partial charge in [0.1, 0.15) is 27.8 Å². The van der Waals surface area contributed by atoms with Gasteiger partial charge in [-0.25, -0.2) is 13.9 Å². The average Bonchev–Trinajstić information content (AvgIpc) is 2.94. The molecule has 0 aliphatic rings. The fourth-order valence-corrected chi connectivity index (χ4v) is 6.77. The molecule has 0 bridgehead atoms. The molecule has 0 aliphatic heterocycles. The number of nitrogens with two attached hydrogens (primary N) is 1. The van der Waals surface area contributed by atoms with E-state index in [0.29, 0.717) is 23.4 Å². The number of hydrogen-bond donors (Lipinski definition) is 3. The number of nitrogens with one attached hydrogen (secondary N) is 2. The topological polar surface area (TPSA) is 200 Å². The number of rotatable bonds is 16. The molecule has 232 valence electrons. The van der Waals surface area contributed by atoms with Crippen molar-refractivity contribution in [3.05, 3.63) is 78.1 Å². The van der Waals surface area contributed by atoms with E-state index in [4.69, 9.17) is 29.6 Å². The molecule has 0 saturated carbocycles. The van der Waals surface area contributed by atoms with E-state index in [1.54, 1.807) is 38.1 Å². The molecule has 0 spiro atoms. The van der Waals surface area contributed by atoms with E-state index < -0.39 is 42.4 Å². The summed E-state index contributed by atoms with van der Waals surface area (Å²) in [6, 6.07) is 14.3. The quantitative estimate of drug-likeness (QED) is 0.0518. The predicted molar refractivity (Wildman–Crippen MR) is 155 cm³/mol. The number of aromatic nitrogens is 1. The summed E-state index contributed by atoms with van der Waals surface area (Å²) < 4.78 is 71.5. The molecule has 3 aromatic rings. The highest BCUT2D eigenvalue weighted by atomic mass is 32.2. The lowest BCUT2D eigenvalue weighted by atomic mass is 10.2. The highest BCUT2D eigenvalue weighted by Crippen LogP contribution is 2.30. The van der Waals surface area contributed by atoms with Gasteiger partial charge >= 0.3 is 16.1 Å². The normalized spacial score (nSPS) is 11.6. The smallest absolute Gasteiger partial charge is 0.340 e. The van der Waals surface area contributed by atoms with Crippen LogP contribution in [0.5, 0.6) is 11.5 Å². The van der Waals surface area contributed by atoms with Crippen LogP contribution in [-0.2, 0) is 41.1 Å². The van der Waals surface area contributed by atoms with Crippen molar-refractivity contribution in [3.8, 4) is 11.5 Å². The minimum Gasteiger partial charge on any atom is -0.493 e. The molecular weight excluding hydrogens is 602 g/mol. The molecule has 0 saturated heterocycles. The molecule has 14 nitrogen and oxygen atoms in total. The largest absolute Gasteiger partial charge is 0.493 e. The molecule has 1 heterocycles. The third kappa shape index (κ3) is 9.92. The Morgan fingerprint density at radius 1 is 1.00 bits per heavy atom. The Labute approximate surface area is 250 Å². The van der Waals surface area contributed by atoms with Crippen LogP contribution >= 0.6 is 0 Å². The molecule has 2 aromatic carbocycles. The number of esters is 1. The summed E-state index contributed by atoms with van der Waals surface area (Å²) in [5.41, 5.74) is 8.28. The lowest BCUT2D eigenvalue weighted by Gasteiger charge is -2.22. The van der Waals surface area contributed by atoms with Gasteiger partial charge in [0.05, 0.1) is 32.1 Å². The highest BCUT2D eigenvalue weighted by molar-refractivity contribution is 7.91. The van der Waals surface area contributed by atoms with E-state index >= 15 is 0 Å². The first-order valence-electron chi connectivity index (χ1n) is 13.0. The van der Waals surface area contributed by atoms with Crippen LogP contribution in [0.1, 0.15) is 24.6 Å². The van der Waals surface area contributed by atoms with Crippen LogP contribution in [-0.4, -0.2) is 64.4 Å². The summed E-state index contributed by atoms with van der Waals surface area (Å²) in [5, 5.41) is 7.04. The molecule has 3 rings (SSSR count). The second-order valence-corrected chi connectivity index (χ2v) is 12.4. The summed E-state index contributed by atoms with van der Waals surface area (Å²) in [4.78, 5) is 20.2. The maximum Gasteiger partial charge on any atom is 0.340 e. The van der Waals surface area contributed by atoms with Gasteiger partial charge in [-0.1, -0.05) is 18.2 Å². The molecule has 0 amide bonds. The van der Waals surface area contributed by atoms with Crippen LogP contribution in [0.4, 0.5) is 0 Å². The zero-order valence-corrected chi connectivity index (χ0v) is 25.2. The zero-order valence-electron chi connectivity index (χ0n) is 23.6. The van der Waals surface area contributed by atoms with Gasteiger partial charge in [0.2, 0.25) is 16.0 Å². The number of guanidine groups is 1. The first-order chi connectivity index (χ1) is 20.4. The van der Waals surface area contributed by atoms with Crippen LogP contribution in [0, 0.1) is 12.3 Å². The number of ether oxygens (including phenoxy) is 2. The molecular formula is C27H33N5O9S2. The Morgan fingerprint density at radius 3 is 2.37 bits per heavy atom. The Kier molecular flexibility index (Phi) is 11.8. The molecule has 0 atom stereocenters. The van der Waals surface area contributed by atoms with Crippen molar-refractivity contribution < 1.29 is 40.1 Å². The summed E-state index contributed by atoms with van der Waals surface area (Å²) in [6.45, 7) is 2.73. The Balaban J connectivity index is 1.87. The number of sulfonamides is 1. The van der Waals surface area contributed by atoms with E-state index in [1.165, 1.54) is 30.5 Å². The minimum atomic E-state index is -4.70. The molecule has 16 heteroatoms. The van der Waals surface area contributed by atoms with Crippen molar-refractivity contribution in [1.29, 1.82) is 5.41 Å². The van der Waals surface area contributed by atoms with E-state index in [0.717, 1.165) is 16.4 Å². The molecule has 0 fully saturated rings. The Morgan fingerprint density at radius 2 is 1.70 bits per heavy atom. The van der Waals surface area contributed by atoms with E-state index in [1.807, 2.05) is 0 Å². The summed E-state index contributed by atoms with van der Waals surface area (Å²) in [7, 11) is -9.29. The second kappa shape index (κ2) is 15.3. The van der Waals surface area contributed by atoms with Crippen LogP contribution in [0.3, 0.4) is 0 Å². The number of pyridine rings is 1. The number of hydroxylamine groups is 1. The van der Waals surface area contributed by atoms with Crippen molar-refractivity contribution in [2.45, 2.75) is 36.6 Å². The molecule has 0 aliphatic carbocycles. The van der Waals surface area contributed by atoms with Gasteiger partial charge < -0.3 is 19.4 Å². The molecule has 0 unspecified atom stereocenters. The van der Waals surface area contributed by atoms with Gasteiger partial charge in [-0.3, -0.25) is 20.0 Å². The van der Waals surface area contributed by atoms with Crippen molar-refractivity contribution in [1.82, 2.24) is 14.8 Å². The van der Waals surface area contributed by atoms with Gasteiger partial charge in [-0.05, 0) is 55.8 Å². The lowest BCUT2D eigenvalue weighted by Crippen LogP contribution is -2.37. The van der Waals surface area contributed by atoms with Gasteiger partial charge in [-0.2, -0.15) is 12.7 Å². The van der Waals surface area contributed by atoms with Crippen LogP contribution in [0.15, 0.2) is 76.7 Å². The number of nitrogens with zero attached hydrogens (tertiary/aromatic N) is 2. The maximum atomic E-state index is 13.9. The minimum absolute atomic E-state index is 0.0299. The number of aryl methyl sites for hydroxylation is 1. The predicted octanol–water partition coefficient (Wildman–Crippen LogP) is 2.10. The molecule has 43 heavy (non-hydrogen) atoms. The van der Waals surface area contributed by atoms with Crippen LogP contribution in [0.25, 0.3) is 0 Å². The lowest BCUT2D eigenvalue weighted by molar-refractivity contribution is -0.143. The SMILES string of the molecule is CCOC(=O)CN(Cc1ccccn1)S(=O)(=O)c1ccccc1S(=O)(=O)Oc1cc(C)cc(OCCCONC(=N)N)c1. The first kappa shape index (κ1) is 33.3. The van der Waals surface area contributed by atoms with E-state index in [-0.39, 0.29) is 38.1 Å². The van der Waals surface area contributed by atoms with Gasteiger partial charge in [-0.15, -0.1) is 0 Å². The Hall–Kier alpha value is -4.25. The maximum absolute atomic E-state index is 13.9. The monoisotopic (exact) mass is 635 g/mol. The van der Waals surface area contributed by atoms with Crippen LogP contribution in [0.2, 0.25) is 0 Å². The first-order valence-corrected chi connectivity index (χ1v) is 15.8. The zero-order chi connectivity index (χ0) is 31.5. The number of benzene rings is 2. The average molecular weight is 636 g/mol. The number of hydrogen-bond acceptors (Lipinski definition) is 11. The van der Waals surface area contributed by atoms with Gasteiger partial charge in [0.25, 0.3) is 0 Å². The summed E-state index contributed by atoms with van der Waals surface area (Å²) >= 11 is 0. The van der Waals surface area contributed by atoms with E-state index in [9.17, 15) is 21.6 Å². The standard InChI is InChI=1S/C27H33N5O9S2/c1-3-38-26(33)19-32(18-21-9-6-7-12-30-21)42(34,35)24-10-4-5-11-25(24)43(36,37)41-23-16-20(2)15-22(17-23)39-13-8-14-40-31-27(28)29/h4-7,9-12,15-17H,3,8,13-14,18-19H2,1-2H3,(H4,28,29,31). The van der Waals surface area contributed by atoms with Crippen molar-refractivity contribution in [2.24, 2.45) is 5.73 Å². The second-order valence-electron chi connectivity index (χ2n) is 8.93. The van der Waals surface area contributed by atoms with Crippen LogP contribution < -0.4 is 20.1 Å². The highest BCUT2D eigenvalue weighted by Gasteiger charge is 2.34. The molecule has 0 radical (unpaired) electrons. The number of carbonyl (C=O) groups is 1. The molecule has 1 aromatic heterocycles. The summed E-state index contributed by atoms with van der Waals surface area (Å²) in [5.74, 6) is -0.945. The Bertz CT molecular complexity index is 1620. The van der Waals surface area contributed by atoms with Crippen molar-refractivity contribution in [3.63, 3.8) is 0 Å². The number of carbonyl (C=O) groups excluding carboxylic acids is 1. The molecule has 4 N–H and O–H groups in total.